The summed E-state index contributed by atoms with van der Waals surface area (Å²) in [7, 11) is 1.95. The molecule has 0 unspecified atom stereocenters. The van der Waals surface area contributed by atoms with Crippen molar-refractivity contribution in [2.45, 2.75) is 33.1 Å². The number of aromatic nitrogens is 4. The minimum absolute atomic E-state index is 0.0631. The van der Waals surface area contributed by atoms with Gasteiger partial charge < -0.3 is 9.67 Å². The van der Waals surface area contributed by atoms with E-state index in [1.54, 1.807) is 6.07 Å². The van der Waals surface area contributed by atoms with Crippen LogP contribution in [0.1, 0.15) is 31.9 Å². The van der Waals surface area contributed by atoms with Crippen LogP contribution in [-0.2, 0) is 12.5 Å². The molecule has 1 N–H and O–H groups in total. The van der Waals surface area contributed by atoms with Crippen LogP contribution in [0.3, 0.4) is 0 Å². The fraction of sp³-hybridized carbons (Fsp3) is 0.146. The minimum Gasteiger partial charge on any atom is -0.507 e. The largest absolute Gasteiger partial charge is 0.507 e. The molecule has 3 heterocycles. The van der Waals surface area contributed by atoms with E-state index < -0.39 is 0 Å². The summed E-state index contributed by atoms with van der Waals surface area (Å²) in [4.78, 5) is 14.6. The van der Waals surface area contributed by atoms with Crippen molar-refractivity contribution in [2.24, 2.45) is 7.05 Å². The van der Waals surface area contributed by atoms with Crippen molar-refractivity contribution in [2.75, 3.05) is 0 Å². The number of nitrogens with zero attached hydrogens (tertiary/aromatic N) is 4. The normalized spacial score (nSPS) is 11.7. The number of rotatable bonds is 5. The van der Waals surface area contributed by atoms with Crippen molar-refractivity contribution in [3.63, 3.8) is 0 Å². The van der Waals surface area contributed by atoms with Crippen LogP contribution in [0.2, 0.25) is 0 Å². The Morgan fingerprint density at radius 3 is 2.09 bits per heavy atom. The van der Waals surface area contributed by atoms with Crippen LogP contribution in [0.5, 0.6) is 5.75 Å². The fourth-order valence-corrected chi connectivity index (χ4v) is 6.05. The van der Waals surface area contributed by atoms with Crippen LogP contribution < -0.4 is 0 Å². The van der Waals surface area contributed by atoms with E-state index in [2.05, 4.69) is 112 Å². The van der Waals surface area contributed by atoms with Crippen LogP contribution in [0.25, 0.3) is 67.2 Å². The molecule has 0 amide bonds. The summed E-state index contributed by atoms with van der Waals surface area (Å²) in [6.07, 6.45) is 3.78. The molecule has 46 heavy (non-hydrogen) atoms. The van der Waals surface area contributed by atoms with Crippen LogP contribution >= 0.6 is 0 Å². The van der Waals surface area contributed by atoms with E-state index in [4.69, 9.17) is 9.97 Å². The van der Waals surface area contributed by atoms with Gasteiger partial charge in [-0.2, -0.15) is 0 Å². The molecule has 0 saturated carbocycles. The second kappa shape index (κ2) is 11.4. The van der Waals surface area contributed by atoms with Crippen molar-refractivity contribution < 1.29 is 5.11 Å². The average Bonchev–Trinajstić information content (AvgIpc) is 3.41. The van der Waals surface area contributed by atoms with E-state index in [9.17, 15) is 5.11 Å². The zero-order valence-electron chi connectivity index (χ0n) is 26.8. The molecule has 5 nitrogen and oxygen atoms in total. The van der Waals surface area contributed by atoms with Gasteiger partial charge in [-0.15, -0.1) is 0 Å². The number of imidazole rings is 1. The first kappa shape index (κ1) is 29.2. The molecule has 0 aliphatic rings. The summed E-state index contributed by atoms with van der Waals surface area (Å²) >= 11 is 0. The van der Waals surface area contributed by atoms with Crippen LogP contribution in [0.15, 0.2) is 122 Å². The van der Waals surface area contributed by atoms with Crippen LogP contribution in [0.4, 0.5) is 0 Å². The van der Waals surface area contributed by atoms with Gasteiger partial charge in [0.05, 0.1) is 11.3 Å². The maximum absolute atomic E-state index is 10.9. The number of phenols is 1. The third-order valence-electron chi connectivity index (χ3n) is 8.74. The topological polar surface area (TPSA) is 63.8 Å². The van der Waals surface area contributed by atoms with Crippen molar-refractivity contribution in [3.8, 4) is 61.8 Å². The molecule has 226 valence electrons. The van der Waals surface area contributed by atoms with Gasteiger partial charge in [-0.05, 0) is 81.6 Å². The number of pyridine rings is 2. The van der Waals surface area contributed by atoms with E-state index in [0.717, 1.165) is 55.8 Å². The molecule has 0 aliphatic carbocycles. The van der Waals surface area contributed by atoms with Crippen molar-refractivity contribution in [3.05, 3.63) is 133 Å². The Hall–Kier alpha value is -5.55. The molecular formula is C41H36N4O. The van der Waals surface area contributed by atoms with Crippen molar-refractivity contribution in [1.82, 2.24) is 19.5 Å². The highest BCUT2D eigenvalue weighted by Crippen LogP contribution is 2.37. The lowest BCUT2D eigenvalue weighted by atomic mass is 9.86. The highest BCUT2D eigenvalue weighted by atomic mass is 16.3. The monoisotopic (exact) mass is 600 g/mol. The van der Waals surface area contributed by atoms with Crippen LogP contribution in [0, 0.1) is 6.92 Å². The Kier molecular flexibility index (Phi) is 7.25. The summed E-state index contributed by atoms with van der Waals surface area (Å²) in [5.74, 6) is 0.878. The summed E-state index contributed by atoms with van der Waals surface area (Å²) < 4.78 is 1.96. The number of hydrogen-bond donors (Lipinski definition) is 1. The van der Waals surface area contributed by atoms with Gasteiger partial charge >= 0.3 is 0 Å². The summed E-state index contributed by atoms with van der Waals surface area (Å²) in [6.45, 7) is 8.60. The smallest absolute Gasteiger partial charge is 0.160 e. The number of phenolic OH excluding ortho intramolecular Hbond substituents is 1. The summed E-state index contributed by atoms with van der Waals surface area (Å²) in [5, 5.41) is 10.9. The minimum atomic E-state index is -0.0631. The molecule has 0 atom stereocenters. The van der Waals surface area contributed by atoms with E-state index in [-0.39, 0.29) is 11.2 Å². The molecule has 7 rings (SSSR count). The first-order valence-electron chi connectivity index (χ1n) is 15.6. The Morgan fingerprint density at radius 1 is 0.630 bits per heavy atom. The molecule has 0 aliphatic heterocycles. The molecular weight excluding hydrogens is 564 g/mol. The Labute approximate surface area is 269 Å². The van der Waals surface area contributed by atoms with Gasteiger partial charge in [-0.1, -0.05) is 99.6 Å². The maximum atomic E-state index is 10.9. The number of aromatic hydroxyl groups is 1. The number of benzene rings is 4. The van der Waals surface area contributed by atoms with Crippen molar-refractivity contribution in [1.29, 1.82) is 0 Å². The molecule has 3 aromatic heterocycles. The van der Waals surface area contributed by atoms with E-state index in [1.807, 2.05) is 48.3 Å². The molecule has 4 aromatic carbocycles. The average molecular weight is 601 g/mol. The lowest BCUT2D eigenvalue weighted by molar-refractivity contribution is 0.475. The zero-order chi connectivity index (χ0) is 32.0. The lowest BCUT2D eigenvalue weighted by Crippen LogP contribution is -2.11. The third kappa shape index (κ3) is 5.34. The maximum Gasteiger partial charge on any atom is 0.160 e. The lowest BCUT2D eigenvalue weighted by Gasteiger charge is -2.20. The second-order valence-corrected chi connectivity index (χ2v) is 12.9. The first-order chi connectivity index (χ1) is 22.2. The first-order valence-corrected chi connectivity index (χ1v) is 15.6. The third-order valence-corrected chi connectivity index (χ3v) is 8.74. The van der Waals surface area contributed by atoms with Gasteiger partial charge in [0.15, 0.2) is 5.65 Å². The predicted octanol–water partition coefficient (Wildman–Crippen LogP) is 10.0. The number of fused-ring (bicyclic) bond motifs is 1. The second-order valence-electron chi connectivity index (χ2n) is 12.9. The van der Waals surface area contributed by atoms with Crippen molar-refractivity contribution >= 4 is 11.2 Å². The highest BCUT2D eigenvalue weighted by molar-refractivity contribution is 5.93. The molecule has 0 radical (unpaired) electrons. The number of aryl methyl sites for hydroxylation is 2. The SMILES string of the molecule is Cc1cnc(-c2cccc(-c3ccnc4c3nc(-c3cc(C(C)(C)C)ccc3O)n4C)c2)cc1-c1ccc(-c2ccccc2)cc1. The predicted molar refractivity (Wildman–Crippen MR) is 189 cm³/mol. The Morgan fingerprint density at radius 2 is 1.33 bits per heavy atom. The van der Waals surface area contributed by atoms with Gasteiger partial charge in [-0.3, -0.25) is 4.98 Å². The Bertz CT molecular complexity index is 2210. The molecule has 0 saturated heterocycles. The van der Waals surface area contributed by atoms with Gasteiger partial charge in [0.25, 0.3) is 0 Å². The molecule has 7 aromatic rings. The van der Waals surface area contributed by atoms with Gasteiger partial charge in [0, 0.05) is 30.6 Å². The van der Waals surface area contributed by atoms with E-state index >= 15 is 0 Å². The van der Waals surface area contributed by atoms with E-state index in [0.29, 0.717) is 11.4 Å². The van der Waals surface area contributed by atoms with Gasteiger partial charge in [-0.25, -0.2) is 9.97 Å². The van der Waals surface area contributed by atoms with Gasteiger partial charge in [0.1, 0.15) is 17.1 Å². The van der Waals surface area contributed by atoms with Gasteiger partial charge in [0.2, 0.25) is 0 Å². The number of hydrogen-bond acceptors (Lipinski definition) is 4. The Balaban J connectivity index is 1.27. The summed E-state index contributed by atoms with van der Waals surface area (Å²) in [6, 6.07) is 37.6. The highest BCUT2D eigenvalue weighted by Gasteiger charge is 2.21. The summed E-state index contributed by atoms with van der Waals surface area (Å²) in [5.41, 5.74) is 13.1. The standard InChI is InChI=1S/C41H36N4O/c1-26-25-43-36(24-34(26)29-16-14-28(15-17-29)27-10-7-6-8-11-27)31-13-9-12-30(22-31)33-20-21-42-40-38(33)44-39(45(40)5)35-23-32(41(2,3)4)18-19-37(35)46/h6-25,46H,1-5H3. The zero-order valence-corrected chi connectivity index (χ0v) is 26.8. The molecule has 5 heteroatoms. The molecule has 0 fully saturated rings. The quantitative estimate of drug-likeness (QED) is 0.214. The molecule has 0 spiro atoms. The van der Waals surface area contributed by atoms with E-state index in [1.165, 1.54) is 11.1 Å². The fourth-order valence-electron chi connectivity index (χ4n) is 6.05. The molecule has 0 bridgehead atoms. The van der Waals surface area contributed by atoms with Crippen LogP contribution in [-0.4, -0.2) is 24.6 Å².